The van der Waals surface area contributed by atoms with Crippen LogP contribution in [-0.2, 0) is 33.4 Å². The van der Waals surface area contributed by atoms with E-state index in [1.165, 1.54) is 12.1 Å². The third kappa shape index (κ3) is 9.15. The Kier molecular flexibility index (Phi) is 11.4. The Hall–Kier alpha value is -4.58. The van der Waals surface area contributed by atoms with E-state index in [4.69, 9.17) is 9.47 Å². The number of methoxy groups -OCH3 is 1. The van der Waals surface area contributed by atoms with Gasteiger partial charge in [0.25, 0.3) is 0 Å². The van der Waals surface area contributed by atoms with E-state index in [9.17, 15) is 27.6 Å². The van der Waals surface area contributed by atoms with Gasteiger partial charge in [0.1, 0.15) is 5.60 Å². The highest BCUT2D eigenvalue weighted by Crippen LogP contribution is 2.44. The molecule has 4 aromatic rings. The number of alkyl halides is 3. The maximum Gasteiger partial charge on any atom is 0.418 e. The van der Waals surface area contributed by atoms with Crippen LogP contribution in [0.25, 0.3) is 22.0 Å². The predicted octanol–water partition coefficient (Wildman–Crippen LogP) is 7.28. The molecule has 2 amide bonds. The molecular formula is C38H45F3N4O5. The second kappa shape index (κ2) is 15.5. The van der Waals surface area contributed by atoms with Crippen molar-refractivity contribution in [2.75, 3.05) is 26.8 Å². The zero-order valence-corrected chi connectivity index (χ0v) is 28.9. The molecule has 2 aromatic carbocycles. The lowest BCUT2D eigenvalue weighted by atomic mass is 9.90. The molecule has 50 heavy (non-hydrogen) atoms. The van der Waals surface area contributed by atoms with Gasteiger partial charge in [0.2, 0.25) is 11.5 Å². The van der Waals surface area contributed by atoms with Crippen LogP contribution in [0.15, 0.2) is 71.7 Å². The number of carbonyl (C=O) groups excluding carboxylic acids is 2. The van der Waals surface area contributed by atoms with Crippen molar-refractivity contribution in [3.8, 4) is 11.1 Å². The molecule has 1 fully saturated rings. The van der Waals surface area contributed by atoms with Crippen LogP contribution in [0.3, 0.4) is 0 Å². The van der Waals surface area contributed by atoms with Crippen LogP contribution >= 0.6 is 0 Å². The summed E-state index contributed by atoms with van der Waals surface area (Å²) in [5.41, 5.74) is 1.71. The summed E-state index contributed by atoms with van der Waals surface area (Å²) in [5, 5.41) is 3.02. The van der Waals surface area contributed by atoms with Gasteiger partial charge in [-0.1, -0.05) is 42.5 Å². The third-order valence-corrected chi connectivity index (χ3v) is 8.88. The second-order valence-electron chi connectivity index (χ2n) is 13.8. The number of pyridine rings is 1. The topological polar surface area (TPSA) is 106 Å². The summed E-state index contributed by atoms with van der Waals surface area (Å²) in [6.45, 7) is 6.56. The Morgan fingerprint density at radius 1 is 1.02 bits per heavy atom. The lowest BCUT2D eigenvalue weighted by molar-refractivity contribution is -0.137. The number of amides is 2. The first-order valence-corrected chi connectivity index (χ1v) is 17.0. The van der Waals surface area contributed by atoms with E-state index >= 15 is 0 Å². The van der Waals surface area contributed by atoms with E-state index in [0.717, 1.165) is 16.7 Å². The van der Waals surface area contributed by atoms with Gasteiger partial charge in [0.15, 0.2) is 0 Å². The van der Waals surface area contributed by atoms with E-state index in [1.807, 2.05) is 24.3 Å². The number of alkyl carbamates (subject to hydrolysis) is 1. The average molecular weight is 695 g/mol. The number of hydrogen-bond donors (Lipinski definition) is 2. The maximum absolute atomic E-state index is 14.8. The van der Waals surface area contributed by atoms with E-state index in [0.29, 0.717) is 50.9 Å². The van der Waals surface area contributed by atoms with Crippen molar-refractivity contribution in [2.24, 2.45) is 0 Å². The smallest absolute Gasteiger partial charge is 0.418 e. The van der Waals surface area contributed by atoms with Crippen LogP contribution in [0.5, 0.6) is 0 Å². The van der Waals surface area contributed by atoms with Crippen molar-refractivity contribution in [2.45, 2.75) is 83.2 Å². The number of fused-ring (bicyclic) bond motifs is 1. The molecule has 3 heterocycles. The first kappa shape index (κ1) is 36.7. The van der Waals surface area contributed by atoms with E-state index < -0.39 is 35.4 Å². The number of ether oxygens (including phenoxy) is 2. The molecule has 0 aliphatic carbocycles. The number of para-hydroxylation sites is 1. The van der Waals surface area contributed by atoms with Crippen molar-refractivity contribution in [1.29, 1.82) is 0 Å². The summed E-state index contributed by atoms with van der Waals surface area (Å²) in [6, 6.07) is 16.7. The molecule has 268 valence electrons. The number of H-pyrrole nitrogens is 1. The maximum atomic E-state index is 14.8. The van der Waals surface area contributed by atoms with Crippen LogP contribution in [0.2, 0.25) is 0 Å². The van der Waals surface area contributed by atoms with Gasteiger partial charge in [0, 0.05) is 80.6 Å². The van der Waals surface area contributed by atoms with Crippen LogP contribution in [0, 0.1) is 0 Å². The minimum Gasteiger partial charge on any atom is -0.444 e. The molecule has 1 aliphatic rings. The van der Waals surface area contributed by atoms with Crippen molar-refractivity contribution in [3.63, 3.8) is 0 Å². The zero-order valence-electron chi connectivity index (χ0n) is 28.9. The Balaban J connectivity index is 1.38. The van der Waals surface area contributed by atoms with Gasteiger partial charge in [0.05, 0.1) is 5.56 Å². The van der Waals surface area contributed by atoms with Gasteiger partial charge in [-0.25, -0.2) is 4.79 Å². The lowest BCUT2D eigenvalue weighted by Crippen LogP contribution is -2.46. The Labute approximate surface area is 289 Å². The fraction of sp³-hybridized carbons (Fsp3) is 0.447. The molecule has 2 aromatic heterocycles. The molecule has 0 spiro atoms. The highest BCUT2D eigenvalue weighted by Gasteiger charge is 2.42. The van der Waals surface area contributed by atoms with Gasteiger partial charge in [-0.15, -0.1) is 0 Å². The second-order valence-corrected chi connectivity index (χ2v) is 13.8. The standard InChI is InChI=1S/C38H45F3N4O5/c1-37(2,3)50-36(48)43-29(21-25-12-14-26(15-13-25)27-16-17-32(46)42-23-27)22-33(47)44-18-7-9-28(24-44)35-34(38(39,40)41)30-10-5-6-11-31(30)45(35)19-8-20-49-4/h5-6,10-17,23,28-29H,7-9,18-22,24H2,1-4H3,(H,42,46)(H,43,48)/t28?,29-/m1/s1. The molecule has 0 radical (unpaired) electrons. The van der Waals surface area contributed by atoms with Crippen LogP contribution in [0.1, 0.15) is 69.2 Å². The molecular weight excluding hydrogens is 649 g/mol. The van der Waals surface area contributed by atoms with Gasteiger partial charge < -0.3 is 29.2 Å². The van der Waals surface area contributed by atoms with Gasteiger partial charge in [-0.3, -0.25) is 9.59 Å². The van der Waals surface area contributed by atoms with Crippen LogP contribution in [-0.4, -0.2) is 64.9 Å². The molecule has 9 nitrogen and oxygen atoms in total. The first-order chi connectivity index (χ1) is 23.7. The summed E-state index contributed by atoms with van der Waals surface area (Å²) >= 11 is 0. The number of halogens is 3. The minimum absolute atomic E-state index is 0.0589. The first-order valence-electron chi connectivity index (χ1n) is 17.0. The molecule has 5 rings (SSSR count). The molecule has 0 saturated carbocycles. The monoisotopic (exact) mass is 694 g/mol. The molecule has 1 saturated heterocycles. The quantitative estimate of drug-likeness (QED) is 0.161. The highest BCUT2D eigenvalue weighted by molar-refractivity contribution is 5.86. The largest absolute Gasteiger partial charge is 0.444 e. The molecule has 1 aliphatic heterocycles. The number of aromatic nitrogens is 2. The van der Waals surface area contributed by atoms with E-state index in [1.54, 1.807) is 67.8 Å². The fourth-order valence-electron chi connectivity index (χ4n) is 6.78. The van der Waals surface area contributed by atoms with Gasteiger partial charge in [-0.05, 0) is 75.3 Å². The predicted molar refractivity (Wildman–Crippen MR) is 186 cm³/mol. The van der Waals surface area contributed by atoms with Crippen molar-refractivity contribution >= 4 is 22.9 Å². The summed E-state index contributed by atoms with van der Waals surface area (Å²) < 4.78 is 56.8. The van der Waals surface area contributed by atoms with Crippen molar-refractivity contribution in [1.82, 2.24) is 19.8 Å². The lowest BCUT2D eigenvalue weighted by Gasteiger charge is -2.35. The average Bonchev–Trinajstić information content (AvgIpc) is 3.40. The number of likely N-dealkylation sites (tertiary alicyclic amines) is 1. The fourth-order valence-corrected chi connectivity index (χ4v) is 6.78. The molecule has 2 N–H and O–H groups in total. The number of benzene rings is 2. The Bertz CT molecular complexity index is 1820. The zero-order chi connectivity index (χ0) is 36.1. The summed E-state index contributed by atoms with van der Waals surface area (Å²) in [7, 11) is 1.56. The Morgan fingerprint density at radius 3 is 2.40 bits per heavy atom. The third-order valence-electron chi connectivity index (χ3n) is 8.88. The number of nitrogens with one attached hydrogen (secondary N) is 2. The molecule has 0 bridgehead atoms. The number of aryl methyl sites for hydroxylation is 1. The highest BCUT2D eigenvalue weighted by atomic mass is 19.4. The van der Waals surface area contributed by atoms with Gasteiger partial charge >= 0.3 is 12.3 Å². The van der Waals surface area contributed by atoms with Crippen LogP contribution in [0.4, 0.5) is 18.0 Å². The molecule has 12 heteroatoms. The molecule has 2 atom stereocenters. The van der Waals surface area contributed by atoms with E-state index in [-0.39, 0.29) is 35.5 Å². The van der Waals surface area contributed by atoms with Gasteiger partial charge in [-0.2, -0.15) is 13.2 Å². The number of rotatable bonds is 11. The number of hydrogen-bond acceptors (Lipinski definition) is 5. The summed E-state index contributed by atoms with van der Waals surface area (Å²) in [4.78, 5) is 42.6. The van der Waals surface area contributed by atoms with Crippen molar-refractivity contribution < 1.29 is 32.2 Å². The number of nitrogens with zero attached hydrogens (tertiary/aromatic N) is 2. The minimum atomic E-state index is -4.58. The summed E-state index contributed by atoms with van der Waals surface area (Å²) in [5.74, 6) is -0.784. The molecule has 1 unspecified atom stereocenters. The van der Waals surface area contributed by atoms with Crippen LogP contribution < -0.4 is 10.9 Å². The Morgan fingerprint density at radius 2 is 1.74 bits per heavy atom. The SMILES string of the molecule is COCCCn1c(C2CCCN(C(=O)C[C@@H](Cc3ccc(-c4ccc(=O)[nH]c4)cc3)NC(=O)OC(C)(C)C)C2)c(C(F)(F)F)c2ccccc21. The van der Waals surface area contributed by atoms with E-state index in [2.05, 4.69) is 10.3 Å². The summed E-state index contributed by atoms with van der Waals surface area (Å²) in [6.07, 6.45) is -1.75. The number of piperidine rings is 1. The normalized spacial score (nSPS) is 16.0. The number of aromatic amines is 1. The van der Waals surface area contributed by atoms with Crippen molar-refractivity contribution in [3.05, 3.63) is 94.0 Å². The number of carbonyl (C=O) groups is 2.